The van der Waals surface area contributed by atoms with Crippen molar-refractivity contribution in [2.24, 2.45) is 11.8 Å². The van der Waals surface area contributed by atoms with Gasteiger partial charge < -0.3 is 14.4 Å². The van der Waals surface area contributed by atoms with E-state index in [1.54, 1.807) is 7.11 Å². The highest BCUT2D eigenvalue weighted by atomic mass is 16.5. The van der Waals surface area contributed by atoms with Crippen molar-refractivity contribution >= 4 is 5.91 Å². The molecule has 2 atom stereocenters. The van der Waals surface area contributed by atoms with Crippen molar-refractivity contribution in [1.29, 1.82) is 0 Å². The number of carbonyl (C=O) groups is 1. The Bertz CT molecular complexity index is 659. The topological polar surface area (TPSA) is 42.0 Å². The molecular formula is C21H30N2O3. The monoisotopic (exact) mass is 358 g/mol. The van der Waals surface area contributed by atoms with Crippen molar-refractivity contribution in [2.45, 2.75) is 45.2 Å². The fourth-order valence-corrected chi connectivity index (χ4v) is 4.42. The van der Waals surface area contributed by atoms with Gasteiger partial charge in [0, 0.05) is 32.2 Å². The summed E-state index contributed by atoms with van der Waals surface area (Å²) in [5.74, 6) is 2.92. The minimum absolute atomic E-state index is 0.178. The predicted octanol–water partition coefficient (Wildman–Crippen LogP) is 2.93. The van der Waals surface area contributed by atoms with Crippen LogP contribution < -0.4 is 9.47 Å². The molecule has 26 heavy (non-hydrogen) atoms. The van der Waals surface area contributed by atoms with Gasteiger partial charge in [0.2, 0.25) is 5.91 Å². The van der Waals surface area contributed by atoms with E-state index in [1.807, 2.05) is 13.0 Å². The molecule has 4 aliphatic rings. The van der Waals surface area contributed by atoms with E-state index in [4.69, 9.17) is 9.47 Å². The van der Waals surface area contributed by atoms with Gasteiger partial charge in [-0.3, -0.25) is 9.69 Å². The van der Waals surface area contributed by atoms with Gasteiger partial charge in [-0.25, -0.2) is 0 Å². The van der Waals surface area contributed by atoms with Gasteiger partial charge in [-0.1, -0.05) is 6.07 Å². The van der Waals surface area contributed by atoms with Crippen LogP contribution in [0.25, 0.3) is 0 Å². The fourth-order valence-electron chi connectivity index (χ4n) is 4.42. The van der Waals surface area contributed by atoms with Crippen LogP contribution in [-0.4, -0.2) is 55.1 Å². The number of ether oxygens (including phenoxy) is 2. The Hall–Kier alpha value is -1.75. The van der Waals surface area contributed by atoms with Crippen LogP contribution in [0, 0.1) is 11.8 Å². The van der Waals surface area contributed by atoms with E-state index in [0.29, 0.717) is 18.6 Å². The highest BCUT2D eigenvalue weighted by molar-refractivity contribution is 5.80. The third kappa shape index (κ3) is 3.68. The van der Waals surface area contributed by atoms with Crippen LogP contribution in [0.15, 0.2) is 18.2 Å². The summed E-state index contributed by atoms with van der Waals surface area (Å²) in [6, 6.07) is 6.57. The first-order valence-electron chi connectivity index (χ1n) is 10.0. The van der Waals surface area contributed by atoms with Gasteiger partial charge in [-0.2, -0.15) is 0 Å². The molecule has 5 heteroatoms. The smallest absolute Gasteiger partial charge is 0.227 e. The Morgan fingerprint density at radius 3 is 2.69 bits per heavy atom. The summed E-state index contributed by atoms with van der Waals surface area (Å²) in [6.45, 7) is 6.33. The third-order valence-corrected chi connectivity index (χ3v) is 5.95. The van der Waals surface area contributed by atoms with Crippen LogP contribution in [0.5, 0.6) is 11.5 Å². The van der Waals surface area contributed by atoms with Crippen molar-refractivity contribution in [1.82, 2.24) is 9.80 Å². The lowest BCUT2D eigenvalue weighted by Crippen LogP contribution is -2.48. The van der Waals surface area contributed by atoms with Gasteiger partial charge in [0.05, 0.1) is 19.6 Å². The highest BCUT2D eigenvalue weighted by Crippen LogP contribution is 2.36. The second kappa shape index (κ2) is 7.47. The molecule has 2 bridgehead atoms. The molecule has 3 heterocycles. The lowest BCUT2D eigenvalue weighted by molar-refractivity contribution is -0.140. The molecule has 1 aromatic rings. The van der Waals surface area contributed by atoms with E-state index < -0.39 is 0 Å². The average Bonchev–Trinajstić information content (AvgIpc) is 3.46. The van der Waals surface area contributed by atoms with Gasteiger partial charge in [-0.05, 0) is 56.2 Å². The van der Waals surface area contributed by atoms with E-state index in [1.165, 1.54) is 18.4 Å². The molecule has 1 saturated carbocycles. The zero-order valence-electron chi connectivity index (χ0n) is 15.9. The van der Waals surface area contributed by atoms with Crippen LogP contribution >= 0.6 is 0 Å². The Kier molecular flexibility index (Phi) is 5.07. The van der Waals surface area contributed by atoms with Crippen LogP contribution in [-0.2, 0) is 11.3 Å². The average molecular weight is 358 g/mol. The Labute approximate surface area is 156 Å². The second-order valence-corrected chi connectivity index (χ2v) is 7.97. The molecule has 0 spiro atoms. The summed E-state index contributed by atoms with van der Waals surface area (Å²) in [5.41, 5.74) is 1.22. The molecule has 3 saturated heterocycles. The van der Waals surface area contributed by atoms with E-state index >= 15 is 0 Å². The maximum Gasteiger partial charge on any atom is 0.227 e. The highest BCUT2D eigenvalue weighted by Gasteiger charge is 2.42. The molecule has 1 aliphatic carbocycles. The number of methoxy groups -OCH3 is 1. The number of amides is 1. The molecule has 1 amide bonds. The predicted molar refractivity (Wildman–Crippen MR) is 100 cm³/mol. The van der Waals surface area contributed by atoms with Crippen LogP contribution in [0.4, 0.5) is 0 Å². The molecule has 1 aromatic carbocycles. The van der Waals surface area contributed by atoms with Crippen LogP contribution in [0.1, 0.15) is 38.2 Å². The van der Waals surface area contributed by atoms with E-state index in [9.17, 15) is 4.79 Å². The Morgan fingerprint density at radius 2 is 1.96 bits per heavy atom. The lowest BCUT2D eigenvalue weighted by Gasteiger charge is -2.36. The normalized spacial score (nSPS) is 26.1. The quantitative estimate of drug-likeness (QED) is 0.752. The van der Waals surface area contributed by atoms with Gasteiger partial charge in [-0.15, -0.1) is 0 Å². The lowest BCUT2D eigenvalue weighted by atomic mass is 9.94. The third-order valence-electron chi connectivity index (χ3n) is 5.95. The first-order valence-corrected chi connectivity index (χ1v) is 10.0. The summed E-state index contributed by atoms with van der Waals surface area (Å²) >= 11 is 0. The molecule has 0 N–H and O–H groups in total. The molecule has 5 rings (SSSR count). The zero-order valence-corrected chi connectivity index (χ0v) is 15.9. The van der Waals surface area contributed by atoms with Gasteiger partial charge >= 0.3 is 0 Å². The molecule has 3 aliphatic heterocycles. The minimum Gasteiger partial charge on any atom is -0.493 e. The number of fused-ring (bicyclic) bond motifs is 4. The van der Waals surface area contributed by atoms with Crippen molar-refractivity contribution in [3.63, 3.8) is 0 Å². The number of piperidine rings is 1. The molecule has 4 fully saturated rings. The number of nitrogens with zero attached hydrogens (tertiary/aromatic N) is 2. The number of hydrogen-bond acceptors (Lipinski definition) is 4. The van der Waals surface area contributed by atoms with Gasteiger partial charge in [0.1, 0.15) is 0 Å². The minimum atomic E-state index is 0.178. The fraction of sp³-hybridized carbons (Fsp3) is 0.667. The number of rotatable bonds is 7. The summed E-state index contributed by atoms with van der Waals surface area (Å²) in [4.78, 5) is 17.5. The number of hydrogen-bond donors (Lipinski definition) is 0. The summed E-state index contributed by atoms with van der Waals surface area (Å²) in [7, 11) is 1.67. The van der Waals surface area contributed by atoms with E-state index in [-0.39, 0.29) is 5.92 Å². The van der Waals surface area contributed by atoms with E-state index in [0.717, 1.165) is 56.4 Å². The number of carbonyl (C=O) groups excluding carboxylic acids is 1. The van der Waals surface area contributed by atoms with Crippen LogP contribution in [0.2, 0.25) is 0 Å². The maximum atomic E-state index is 12.9. The number of benzene rings is 1. The zero-order chi connectivity index (χ0) is 18.1. The van der Waals surface area contributed by atoms with Crippen molar-refractivity contribution < 1.29 is 14.3 Å². The SMILES string of the molecule is CCOc1cc(CN2C[C@@H]3CC[C@H](C2)N(CC2CC2)C3=O)ccc1OC. The molecule has 0 radical (unpaired) electrons. The first-order chi connectivity index (χ1) is 12.7. The standard InChI is InChI=1S/C21H30N2O3/c1-3-26-20-10-16(6-9-19(20)25-2)11-22-13-17-7-8-18(14-22)23(21(17)24)12-15-4-5-15/h6,9-10,15,17-18H,3-5,7-8,11-14H2,1-2H3/t17-,18+/m0/s1. The summed E-state index contributed by atoms with van der Waals surface area (Å²) in [6.07, 6.45) is 4.81. The van der Waals surface area contributed by atoms with E-state index in [2.05, 4.69) is 21.9 Å². The molecular weight excluding hydrogens is 328 g/mol. The van der Waals surface area contributed by atoms with Crippen LogP contribution in [0.3, 0.4) is 0 Å². The molecule has 5 nitrogen and oxygen atoms in total. The molecule has 142 valence electrons. The second-order valence-electron chi connectivity index (χ2n) is 7.97. The van der Waals surface area contributed by atoms with Gasteiger partial charge in [0.25, 0.3) is 0 Å². The molecule has 0 aromatic heterocycles. The Morgan fingerprint density at radius 1 is 1.12 bits per heavy atom. The summed E-state index contributed by atoms with van der Waals surface area (Å²) < 4.78 is 11.1. The van der Waals surface area contributed by atoms with Crippen molar-refractivity contribution in [2.75, 3.05) is 33.4 Å². The summed E-state index contributed by atoms with van der Waals surface area (Å²) in [5, 5.41) is 0. The van der Waals surface area contributed by atoms with Gasteiger partial charge in [0.15, 0.2) is 11.5 Å². The maximum absolute atomic E-state index is 12.9. The van der Waals surface area contributed by atoms with Crippen molar-refractivity contribution in [3.05, 3.63) is 23.8 Å². The van der Waals surface area contributed by atoms with Crippen molar-refractivity contribution in [3.8, 4) is 11.5 Å². The first kappa shape index (κ1) is 17.7. The molecule has 0 unspecified atom stereocenters. The Balaban J connectivity index is 1.47. The largest absolute Gasteiger partial charge is 0.493 e.